The average Bonchev–Trinajstić information content (AvgIpc) is 2.77. The predicted octanol–water partition coefficient (Wildman–Crippen LogP) is 1.02. The van der Waals surface area contributed by atoms with Gasteiger partial charge in [-0.1, -0.05) is 0 Å². The second kappa shape index (κ2) is 6.54. The molecule has 104 valence electrons. The van der Waals surface area contributed by atoms with E-state index in [-0.39, 0.29) is 12.0 Å². The molecule has 0 radical (unpaired) electrons. The molecule has 0 spiro atoms. The first-order valence-electron chi connectivity index (χ1n) is 6.59. The van der Waals surface area contributed by atoms with Crippen LogP contribution in [0, 0.1) is 0 Å². The third-order valence-electron chi connectivity index (χ3n) is 3.03. The van der Waals surface area contributed by atoms with E-state index < -0.39 is 0 Å². The molecule has 0 amide bonds. The molecule has 1 aromatic rings. The molecule has 19 heavy (non-hydrogen) atoms. The average molecular weight is 264 g/mol. The Labute approximate surface area is 113 Å². The summed E-state index contributed by atoms with van der Waals surface area (Å²) in [5.74, 6) is 1.06. The molecule has 0 aliphatic carbocycles. The van der Waals surface area contributed by atoms with Crippen molar-refractivity contribution < 1.29 is 14.3 Å². The van der Waals surface area contributed by atoms with E-state index in [1.807, 2.05) is 11.8 Å². The highest BCUT2D eigenvalue weighted by Gasteiger charge is 2.21. The van der Waals surface area contributed by atoms with Gasteiger partial charge in [-0.15, -0.1) is 0 Å². The molecule has 2 N–H and O–H groups in total. The van der Waals surface area contributed by atoms with Crippen LogP contribution in [0.5, 0.6) is 11.5 Å². The SMILES string of the molecule is CCOc1ccc(OC(=O)CN2CC[C@H](N)C2)cc1. The van der Waals surface area contributed by atoms with Crippen LogP contribution in [-0.4, -0.2) is 43.2 Å². The van der Waals surface area contributed by atoms with Crippen LogP contribution >= 0.6 is 0 Å². The van der Waals surface area contributed by atoms with E-state index in [1.54, 1.807) is 24.3 Å². The topological polar surface area (TPSA) is 64.8 Å². The van der Waals surface area contributed by atoms with Crippen molar-refractivity contribution >= 4 is 5.97 Å². The number of ether oxygens (including phenoxy) is 2. The Hall–Kier alpha value is -1.59. The van der Waals surface area contributed by atoms with Crippen LogP contribution in [0.25, 0.3) is 0 Å². The first-order valence-corrected chi connectivity index (χ1v) is 6.59. The van der Waals surface area contributed by atoms with Gasteiger partial charge >= 0.3 is 5.97 Å². The maximum atomic E-state index is 11.7. The van der Waals surface area contributed by atoms with Gasteiger partial charge in [0, 0.05) is 19.1 Å². The van der Waals surface area contributed by atoms with E-state index in [4.69, 9.17) is 15.2 Å². The van der Waals surface area contributed by atoms with Gasteiger partial charge in [0.2, 0.25) is 0 Å². The van der Waals surface area contributed by atoms with Gasteiger partial charge in [-0.25, -0.2) is 0 Å². The zero-order valence-corrected chi connectivity index (χ0v) is 11.2. The molecule has 1 aromatic carbocycles. The summed E-state index contributed by atoms with van der Waals surface area (Å²) in [6.45, 7) is 4.46. The lowest BCUT2D eigenvalue weighted by Gasteiger charge is -2.14. The summed E-state index contributed by atoms with van der Waals surface area (Å²) in [7, 11) is 0. The first kappa shape index (κ1) is 13.8. The van der Waals surface area contributed by atoms with Gasteiger partial charge in [-0.2, -0.15) is 0 Å². The molecule has 5 heteroatoms. The van der Waals surface area contributed by atoms with E-state index in [2.05, 4.69) is 0 Å². The molecule has 1 fully saturated rings. The molecule has 1 heterocycles. The number of nitrogens with two attached hydrogens (primary N) is 1. The largest absolute Gasteiger partial charge is 0.494 e. The Bertz CT molecular complexity index is 419. The zero-order valence-electron chi connectivity index (χ0n) is 11.2. The maximum absolute atomic E-state index is 11.7. The van der Waals surface area contributed by atoms with Crippen LogP contribution in [0.3, 0.4) is 0 Å². The fourth-order valence-corrected chi connectivity index (χ4v) is 2.12. The molecule has 2 rings (SSSR count). The molecule has 1 atom stereocenters. The number of rotatable bonds is 5. The zero-order chi connectivity index (χ0) is 13.7. The molecule has 0 aromatic heterocycles. The lowest BCUT2D eigenvalue weighted by molar-refractivity contribution is -0.135. The quantitative estimate of drug-likeness (QED) is 0.635. The minimum atomic E-state index is -0.252. The van der Waals surface area contributed by atoms with Crippen LogP contribution in [0.2, 0.25) is 0 Å². The van der Waals surface area contributed by atoms with Crippen LogP contribution in [0.15, 0.2) is 24.3 Å². The molecular weight excluding hydrogens is 244 g/mol. The maximum Gasteiger partial charge on any atom is 0.325 e. The van der Waals surface area contributed by atoms with E-state index in [0.29, 0.717) is 18.9 Å². The predicted molar refractivity (Wildman–Crippen MR) is 72.3 cm³/mol. The van der Waals surface area contributed by atoms with Gasteiger partial charge in [0.25, 0.3) is 0 Å². The Morgan fingerprint density at radius 3 is 2.63 bits per heavy atom. The number of carbonyl (C=O) groups is 1. The number of benzene rings is 1. The number of esters is 1. The molecular formula is C14H20N2O3. The molecule has 0 unspecified atom stereocenters. The normalized spacial score (nSPS) is 19.4. The molecule has 1 aliphatic rings. The molecule has 0 bridgehead atoms. The van der Waals surface area contributed by atoms with Crippen molar-refractivity contribution in [2.75, 3.05) is 26.2 Å². The summed E-state index contributed by atoms with van der Waals surface area (Å²) >= 11 is 0. The van der Waals surface area contributed by atoms with Gasteiger partial charge < -0.3 is 15.2 Å². The number of nitrogens with zero attached hydrogens (tertiary/aromatic N) is 1. The van der Waals surface area contributed by atoms with E-state index in [9.17, 15) is 4.79 Å². The molecule has 5 nitrogen and oxygen atoms in total. The number of carbonyl (C=O) groups excluding carboxylic acids is 1. The van der Waals surface area contributed by atoms with Crippen LogP contribution in [0.4, 0.5) is 0 Å². The van der Waals surface area contributed by atoms with Crippen molar-refractivity contribution in [2.45, 2.75) is 19.4 Å². The Morgan fingerprint density at radius 1 is 1.37 bits per heavy atom. The Morgan fingerprint density at radius 2 is 2.05 bits per heavy atom. The second-order valence-electron chi connectivity index (χ2n) is 4.66. The van der Waals surface area contributed by atoms with Gasteiger partial charge in [-0.3, -0.25) is 9.69 Å². The third-order valence-corrected chi connectivity index (χ3v) is 3.03. The molecule has 0 saturated carbocycles. The minimum Gasteiger partial charge on any atom is -0.494 e. The fraction of sp³-hybridized carbons (Fsp3) is 0.500. The van der Waals surface area contributed by atoms with Gasteiger partial charge in [0.1, 0.15) is 11.5 Å². The highest BCUT2D eigenvalue weighted by Crippen LogP contribution is 2.18. The summed E-state index contributed by atoms with van der Waals surface area (Å²) in [5, 5.41) is 0. The summed E-state index contributed by atoms with van der Waals surface area (Å²) in [6.07, 6.45) is 0.941. The summed E-state index contributed by atoms with van der Waals surface area (Å²) < 4.78 is 10.6. The van der Waals surface area contributed by atoms with E-state index in [1.165, 1.54) is 0 Å². The van der Waals surface area contributed by atoms with Crippen molar-refractivity contribution in [3.05, 3.63) is 24.3 Å². The fourth-order valence-electron chi connectivity index (χ4n) is 2.12. The van der Waals surface area contributed by atoms with Crippen molar-refractivity contribution in [3.63, 3.8) is 0 Å². The summed E-state index contributed by atoms with van der Waals surface area (Å²) in [5.41, 5.74) is 5.79. The Balaban J connectivity index is 1.81. The number of hydrogen-bond donors (Lipinski definition) is 1. The molecule has 1 aliphatic heterocycles. The van der Waals surface area contributed by atoms with Gasteiger partial charge in [0.15, 0.2) is 0 Å². The second-order valence-corrected chi connectivity index (χ2v) is 4.66. The van der Waals surface area contributed by atoms with Gasteiger partial charge in [0.05, 0.1) is 13.2 Å². The van der Waals surface area contributed by atoms with Crippen molar-refractivity contribution in [2.24, 2.45) is 5.73 Å². The Kier molecular flexibility index (Phi) is 4.76. The van der Waals surface area contributed by atoms with Crippen LogP contribution in [0.1, 0.15) is 13.3 Å². The lowest BCUT2D eigenvalue weighted by atomic mass is 10.3. The lowest BCUT2D eigenvalue weighted by Crippen LogP contribution is -2.32. The highest BCUT2D eigenvalue weighted by atomic mass is 16.5. The summed E-state index contributed by atoms with van der Waals surface area (Å²) in [6, 6.07) is 7.23. The molecule has 1 saturated heterocycles. The highest BCUT2D eigenvalue weighted by molar-refractivity contribution is 5.74. The number of likely N-dealkylation sites (tertiary alicyclic amines) is 1. The smallest absolute Gasteiger partial charge is 0.325 e. The standard InChI is InChI=1S/C14H20N2O3/c1-2-18-12-3-5-13(6-4-12)19-14(17)10-16-8-7-11(15)9-16/h3-6,11H,2,7-10,15H2,1H3/t11-/m0/s1. The van der Waals surface area contributed by atoms with Crippen LogP contribution < -0.4 is 15.2 Å². The third kappa shape index (κ3) is 4.22. The van der Waals surface area contributed by atoms with Crippen LogP contribution in [-0.2, 0) is 4.79 Å². The minimum absolute atomic E-state index is 0.179. The van der Waals surface area contributed by atoms with Crippen molar-refractivity contribution in [3.8, 4) is 11.5 Å². The van der Waals surface area contributed by atoms with E-state index in [0.717, 1.165) is 25.3 Å². The van der Waals surface area contributed by atoms with Gasteiger partial charge in [-0.05, 0) is 37.6 Å². The first-order chi connectivity index (χ1) is 9.17. The monoisotopic (exact) mass is 264 g/mol. The number of hydrogen-bond acceptors (Lipinski definition) is 5. The summed E-state index contributed by atoms with van der Waals surface area (Å²) in [4.78, 5) is 13.8. The van der Waals surface area contributed by atoms with E-state index >= 15 is 0 Å². The van der Waals surface area contributed by atoms with Crippen molar-refractivity contribution in [1.29, 1.82) is 0 Å². The van der Waals surface area contributed by atoms with Crippen molar-refractivity contribution in [1.82, 2.24) is 4.90 Å².